The van der Waals surface area contributed by atoms with Gasteiger partial charge in [-0.1, -0.05) is 38.5 Å². The van der Waals surface area contributed by atoms with Crippen LogP contribution in [0.4, 0.5) is 0 Å². The largest absolute Gasteiger partial charge is 0.315 e. The van der Waals surface area contributed by atoms with E-state index in [9.17, 15) is 0 Å². The summed E-state index contributed by atoms with van der Waals surface area (Å²) in [5.41, 5.74) is 0. The van der Waals surface area contributed by atoms with Gasteiger partial charge in [-0.2, -0.15) is 11.8 Å². The Hall–Kier alpha value is 0.310. The van der Waals surface area contributed by atoms with Crippen LogP contribution in [0.5, 0.6) is 0 Å². The summed E-state index contributed by atoms with van der Waals surface area (Å²) in [4.78, 5) is 0. The highest BCUT2D eigenvalue weighted by molar-refractivity contribution is 8.00. The van der Waals surface area contributed by atoms with Crippen LogP contribution in [0.3, 0.4) is 0 Å². The van der Waals surface area contributed by atoms with E-state index in [2.05, 4.69) is 23.3 Å². The first-order valence-corrected chi connectivity index (χ1v) is 8.83. The standard InChI is InChI=1S/C15H29NS/c1-17-15(10-7-11-15)13-16-12-14-8-5-3-2-4-6-9-14/h14,16H,2-13H2,1H3. The molecule has 0 bridgehead atoms. The molecule has 0 aromatic heterocycles. The second-order valence-electron chi connectivity index (χ2n) is 6.08. The lowest BCUT2D eigenvalue weighted by atomic mass is 9.84. The summed E-state index contributed by atoms with van der Waals surface area (Å²) < 4.78 is 0.613. The van der Waals surface area contributed by atoms with Crippen molar-refractivity contribution in [3.8, 4) is 0 Å². The van der Waals surface area contributed by atoms with Crippen LogP contribution in [0.1, 0.15) is 64.2 Å². The zero-order valence-electron chi connectivity index (χ0n) is 11.5. The Labute approximate surface area is 112 Å². The number of hydrogen-bond donors (Lipinski definition) is 1. The van der Waals surface area contributed by atoms with Gasteiger partial charge in [0.2, 0.25) is 0 Å². The molecule has 0 heterocycles. The van der Waals surface area contributed by atoms with Crippen LogP contribution in [-0.4, -0.2) is 24.1 Å². The molecule has 0 spiro atoms. The number of thioether (sulfide) groups is 1. The van der Waals surface area contributed by atoms with Gasteiger partial charge in [0.05, 0.1) is 0 Å². The molecule has 100 valence electrons. The lowest BCUT2D eigenvalue weighted by Gasteiger charge is -2.41. The fraction of sp³-hybridized carbons (Fsp3) is 1.00. The van der Waals surface area contributed by atoms with Crippen LogP contribution in [0, 0.1) is 5.92 Å². The maximum atomic E-state index is 3.78. The van der Waals surface area contributed by atoms with Crippen molar-refractivity contribution >= 4 is 11.8 Å². The minimum Gasteiger partial charge on any atom is -0.315 e. The fourth-order valence-electron chi connectivity index (χ4n) is 3.27. The SMILES string of the molecule is CSC1(CNCC2CCCCCCC2)CCC1. The number of rotatable bonds is 5. The quantitative estimate of drug-likeness (QED) is 0.789. The van der Waals surface area contributed by atoms with Gasteiger partial charge in [0.1, 0.15) is 0 Å². The summed E-state index contributed by atoms with van der Waals surface area (Å²) in [7, 11) is 0. The first kappa shape index (κ1) is 13.7. The van der Waals surface area contributed by atoms with Crippen LogP contribution in [0.25, 0.3) is 0 Å². The van der Waals surface area contributed by atoms with Crippen LogP contribution < -0.4 is 5.32 Å². The van der Waals surface area contributed by atoms with E-state index in [1.165, 1.54) is 77.3 Å². The smallest absolute Gasteiger partial charge is 0.0281 e. The third kappa shape index (κ3) is 4.17. The van der Waals surface area contributed by atoms with Gasteiger partial charge >= 0.3 is 0 Å². The molecule has 0 saturated heterocycles. The van der Waals surface area contributed by atoms with Gasteiger partial charge in [-0.05, 0) is 44.4 Å². The Morgan fingerprint density at radius 3 is 2.18 bits per heavy atom. The molecular formula is C15H29NS. The first-order valence-electron chi connectivity index (χ1n) is 7.60. The molecule has 1 N–H and O–H groups in total. The Balaban J connectivity index is 1.62. The summed E-state index contributed by atoms with van der Waals surface area (Å²) >= 11 is 2.09. The molecule has 17 heavy (non-hydrogen) atoms. The topological polar surface area (TPSA) is 12.0 Å². The Morgan fingerprint density at radius 1 is 1.00 bits per heavy atom. The third-order valence-corrected chi connectivity index (χ3v) is 6.22. The van der Waals surface area contributed by atoms with E-state index >= 15 is 0 Å². The highest BCUT2D eigenvalue weighted by Gasteiger charge is 2.35. The second-order valence-corrected chi connectivity index (χ2v) is 7.36. The molecule has 2 saturated carbocycles. The second kappa shape index (κ2) is 7.04. The molecule has 0 amide bonds. The van der Waals surface area contributed by atoms with Gasteiger partial charge in [-0.25, -0.2) is 0 Å². The maximum absolute atomic E-state index is 3.78. The van der Waals surface area contributed by atoms with E-state index in [-0.39, 0.29) is 0 Å². The van der Waals surface area contributed by atoms with Crippen molar-refractivity contribution in [1.82, 2.24) is 5.32 Å². The van der Waals surface area contributed by atoms with E-state index in [1.807, 2.05) is 0 Å². The highest BCUT2D eigenvalue weighted by Crippen LogP contribution is 2.42. The normalized spacial score (nSPS) is 25.9. The summed E-state index contributed by atoms with van der Waals surface area (Å²) in [5.74, 6) is 0.967. The lowest BCUT2D eigenvalue weighted by Crippen LogP contribution is -2.44. The zero-order chi connectivity index (χ0) is 12.0. The molecule has 0 aliphatic heterocycles. The maximum Gasteiger partial charge on any atom is 0.0281 e. The average Bonchev–Trinajstić information content (AvgIpc) is 2.24. The first-order chi connectivity index (χ1) is 8.35. The molecule has 0 aromatic carbocycles. The summed E-state index contributed by atoms with van der Waals surface area (Å²) in [6, 6.07) is 0. The number of nitrogens with one attached hydrogen (secondary N) is 1. The highest BCUT2D eigenvalue weighted by atomic mass is 32.2. The average molecular weight is 255 g/mol. The molecule has 0 unspecified atom stereocenters. The van der Waals surface area contributed by atoms with Gasteiger partial charge in [-0.3, -0.25) is 0 Å². The van der Waals surface area contributed by atoms with E-state index < -0.39 is 0 Å². The predicted octanol–water partition coefficient (Wildman–Crippen LogP) is 4.22. The van der Waals surface area contributed by atoms with Crippen LogP contribution >= 0.6 is 11.8 Å². The van der Waals surface area contributed by atoms with Gasteiger partial charge in [-0.15, -0.1) is 0 Å². The minimum atomic E-state index is 0.613. The molecule has 2 aliphatic carbocycles. The molecule has 0 radical (unpaired) electrons. The molecule has 2 rings (SSSR count). The Kier molecular flexibility index (Phi) is 5.68. The monoisotopic (exact) mass is 255 g/mol. The van der Waals surface area contributed by atoms with Crippen molar-refractivity contribution in [2.45, 2.75) is 69.0 Å². The van der Waals surface area contributed by atoms with E-state index in [1.54, 1.807) is 0 Å². The molecule has 1 nitrogen and oxygen atoms in total. The fourth-order valence-corrected chi connectivity index (χ4v) is 4.22. The van der Waals surface area contributed by atoms with Crippen LogP contribution in [-0.2, 0) is 0 Å². The van der Waals surface area contributed by atoms with E-state index in [4.69, 9.17) is 0 Å². The van der Waals surface area contributed by atoms with Gasteiger partial charge in [0.25, 0.3) is 0 Å². The third-order valence-electron chi connectivity index (χ3n) is 4.80. The molecule has 0 aromatic rings. The molecule has 2 heteroatoms. The molecule has 2 aliphatic rings. The van der Waals surface area contributed by atoms with E-state index in [0.29, 0.717) is 4.75 Å². The van der Waals surface area contributed by atoms with Crippen LogP contribution in [0.15, 0.2) is 0 Å². The molecule has 2 fully saturated rings. The van der Waals surface area contributed by atoms with Crippen molar-refractivity contribution in [1.29, 1.82) is 0 Å². The molecule has 0 atom stereocenters. The van der Waals surface area contributed by atoms with Crippen molar-refractivity contribution < 1.29 is 0 Å². The Bertz CT molecular complexity index is 199. The summed E-state index contributed by atoms with van der Waals surface area (Å²) in [6.07, 6.45) is 16.9. The molecular weight excluding hydrogens is 226 g/mol. The predicted molar refractivity (Wildman–Crippen MR) is 78.8 cm³/mol. The van der Waals surface area contributed by atoms with Gasteiger partial charge < -0.3 is 5.32 Å². The zero-order valence-corrected chi connectivity index (χ0v) is 12.3. The number of hydrogen-bond acceptors (Lipinski definition) is 2. The Morgan fingerprint density at radius 2 is 1.65 bits per heavy atom. The van der Waals surface area contributed by atoms with Gasteiger partial charge in [0, 0.05) is 11.3 Å². The lowest BCUT2D eigenvalue weighted by molar-refractivity contribution is 0.315. The van der Waals surface area contributed by atoms with E-state index in [0.717, 1.165) is 5.92 Å². The summed E-state index contributed by atoms with van der Waals surface area (Å²) in [6.45, 7) is 2.53. The van der Waals surface area contributed by atoms with Gasteiger partial charge in [0.15, 0.2) is 0 Å². The summed E-state index contributed by atoms with van der Waals surface area (Å²) in [5, 5.41) is 3.78. The van der Waals surface area contributed by atoms with Crippen molar-refractivity contribution in [3.05, 3.63) is 0 Å². The van der Waals surface area contributed by atoms with Crippen LogP contribution in [0.2, 0.25) is 0 Å². The minimum absolute atomic E-state index is 0.613. The van der Waals surface area contributed by atoms with Crippen molar-refractivity contribution in [2.24, 2.45) is 5.92 Å². The van der Waals surface area contributed by atoms with Crippen molar-refractivity contribution in [2.75, 3.05) is 19.3 Å². The van der Waals surface area contributed by atoms with Crippen molar-refractivity contribution in [3.63, 3.8) is 0 Å².